The first-order valence-electron chi connectivity index (χ1n) is 6.03. The van der Waals surface area contributed by atoms with Crippen molar-refractivity contribution >= 4 is 15.9 Å². The van der Waals surface area contributed by atoms with Crippen molar-refractivity contribution in [1.82, 2.24) is 5.43 Å². The van der Waals surface area contributed by atoms with E-state index in [-0.39, 0.29) is 11.9 Å². The molecule has 0 aliphatic carbocycles. The topological polar surface area (TPSA) is 38.0 Å². The van der Waals surface area contributed by atoms with E-state index in [4.69, 9.17) is 5.84 Å². The minimum absolute atomic E-state index is 0.118. The maximum Gasteiger partial charge on any atom is 0.129 e. The Morgan fingerprint density at radius 2 is 2.00 bits per heavy atom. The molecule has 0 fully saturated rings. The molecule has 0 saturated heterocycles. The third kappa shape index (κ3) is 4.05. The van der Waals surface area contributed by atoms with E-state index in [1.54, 1.807) is 6.07 Å². The molecule has 1 unspecified atom stereocenters. The van der Waals surface area contributed by atoms with Gasteiger partial charge in [0, 0.05) is 16.1 Å². The first-order valence-corrected chi connectivity index (χ1v) is 6.82. The smallest absolute Gasteiger partial charge is 0.129 e. The first kappa shape index (κ1) is 14.6. The quantitative estimate of drug-likeness (QED) is 0.617. The largest absolute Gasteiger partial charge is 0.271 e. The zero-order valence-electron chi connectivity index (χ0n) is 10.3. The van der Waals surface area contributed by atoms with Gasteiger partial charge in [-0.1, -0.05) is 48.7 Å². The lowest BCUT2D eigenvalue weighted by Gasteiger charge is -2.22. The van der Waals surface area contributed by atoms with Crippen LogP contribution in [0.25, 0.3) is 0 Å². The van der Waals surface area contributed by atoms with Gasteiger partial charge in [-0.25, -0.2) is 4.39 Å². The Labute approximate surface area is 111 Å². The Kier molecular flexibility index (Phi) is 6.09. The van der Waals surface area contributed by atoms with Crippen molar-refractivity contribution in [2.45, 2.75) is 39.2 Å². The molecule has 1 rings (SSSR count). The second-order valence-electron chi connectivity index (χ2n) is 4.30. The van der Waals surface area contributed by atoms with E-state index in [0.29, 0.717) is 11.5 Å². The van der Waals surface area contributed by atoms with E-state index in [0.717, 1.165) is 23.7 Å². The van der Waals surface area contributed by atoms with Gasteiger partial charge < -0.3 is 0 Å². The minimum atomic E-state index is -0.215. The van der Waals surface area contributed by atoms with Crippen LogP contribution in [0.4, 0.5) is 4.39 Å². The van der Waals surface area contributed by atoms with E-state index in [1.165, 1.54) is 6.07 Å². The van der Waals surface area contributed by atoms with Crippen molar-refractivity contribution in [3.05, 3.63) is 34.1 Å². The van der Waals surface area contributed by atoms with Crippen molar-refractivity contribution in [1.29, 1.82) is 0 Å². The number of halogens is 2. The Bertz CT molecular complexity index is 353. The van der Waals surface area contributed by atoms with Gasteiger partial charge in [-0.15, -0.1) is 0 Å². The van der Waals surface area contributed by atoms with Gasteiger partial charge in [0.2, 0.25) is 0 Å². The van der Waals surface area contributed by atoms with Crippen molar-refractivity contribution in [2.24, 2.45) is 11.8 Å². The summed E-state index contributed by atoms with van der Waals surface area (Å²) in [5.74, 6) is 5.90. The molecule has 0 aliphatic heterocycles. The van der Waals surface area contributed by atoms with Crippen LogP contribution in [0.15, 0.2) is 22.7 Å². The number of hydrazine groups is 1. The summed E-state index contributed by atoms with van der Waals surface area (Å²) < 4.78 is 14.6. The zero-order valence-corrected chi connectivity index (χ0v) is 11.9. The molecule has 0 radical (unpaired) electrons. The van der Waals surface area contributed by atoms with E-state index in [9.17, 15) is 4.39 Å². The molecule has 96 valence electrons. The second-order valence-corrected chi connectivity index (χ2v) is 5.22. The van der Waals surface area contributed by atoms with Crippen molar-refractivity contribution in [3.8, 4) is 0 Å². The lowest BCUT2D eigenvalue weighted by atomic mass is 9.91. The van der Waals surface area contributed by atoms with Gasteiger partial charge in [0.05, 0.1) is 0 Å². The van der Waals surface area contributed by atoms with Crippen LogP contribution in [0.3, 0.4) is 0 Å². The molecule has 1 atom stereocenters. The summed E-state index contributed by atoms with van der Waals surface area (Å²) in [6.45, 7) is 4.30. The van der Waals surface area contributed by atoms with Crippen LogP contribution >= 0.6 is 15.9 Å². The van der Waals surface area contributed by atoms with E-state index >= 15 is 0 Å². The molecule has 0 aliphatic rings. The highest BCUT2D eigenvalue weighted by atomic mass is 79.9. The predicted molar refractivity (Wildman–Crippen MR) is 72.9 cm³/mol. The molecule has 1 aromatic carbocycles. The van der Waals surface area contributed by atoms with Crippen LogP contribution in [0.2, 0.25) is 0 Å². The standard InChI is InChI=1S/C13H20BrFN2/c1-3-9(4-2)7-13(17-16)11-6-5-10(14)8-12(11)15/h5-6,8-9,13,17H,3-4,7,16H2,1-2H3. The van der Waals surface area contributed by atoms with Crippen molar-refractivity contribution in [2.75, 3.05) is 0 Å². The Morgan fingerprint density at radius 3 is 2.47 bits per heavy atom. The summed E-state index contributed by atoms with van der Waals surface area (Å²) in [7, 11) is 0. The fraction of sp³-hybridized carbons (Fsp3) is 0.538. The number of hydrogen-bond donors (Lipinski definition) is 2. The molecule has 17 heavy (non-hydrogen) atoms. The highest BCUT2D eigenvalue weighted by Crippen LogP contribution is 2.27. The SMILES string of the molecule is CCC(CC)CC(NN)c1ccc(Br)cc1F. The second kappa shape index (κ2) is 7.09. The lowest BCUT2D eigenvalue weighted by Crippen LogP contribution is -2.30. The summed E-state index contributed by atoms with van der Waals surface area (Å²) in [4.78, 5) is 0. The molecule has 0 spiro atoms. The Balaban J connectivity index is 2.85. The zero-order chi connectivity index (χ0) is 12.8. The monoisotopic (exact) mass is 302 g/mol. The Hall–Kier alpha value is -0.450. The maximum atomic E-state index is 13.8. The molecule has 1 aromatic rings. The van der Waals surface area contributed by atoms with Crippen LogP contribution in [0.1, 0.15) is 44.7 Å². The van der Waals surface area contributed by atoms with Crippen LogP contribution < -0.4 is 11.3 Å². The molecule has 0 amide bonds. The third-order valence-electron chi connectivity index (χ3n) is 3.26. The average Bonchev–Trinajstić information content (AvgIpc) is 2.32. The number of hydrogen-bond acceptors (Lipinski definition) is 2. The van der Waals surface area contributed by atoms with Gasteiger partial charge in [-0.05, 0) is 24.5 Å². The van der Waals surface area contributed by atoms with E-state index in [1.807, 2.05) is 6.07 Å². The summed E-state index contributed by atoms with van der Waals surface area (Å²) in [5, 5.41) is 0. The molecular formula is C13H20BrFN2. The molecule has 3 N–H and O–H groups in total. The van der Waals surface area contributed by atoms with E-state index in [2.05, 4.69) is 35.2 Å². The van der Waals surface area contributed by atoms with Gasteiger partial charge in [-0.3, -0.25) is 11.3 Å². The van der Waals surface area contributed by atoms with E-state index < -0.39 is 0 Å². The fourth-order valence-corrected chi connectivity index (χ4v) is 2.36. The molecule has 0 heterocycles. The third-order valence-corrected chi connectivity index (χ3v) is 3.76. The Morgan fingerprint density at radius 1 is 1.35 bits per heavy atom. The van der Waals surface area contributed by atoms with Crippen LogP contribution in [0.5, 0.6) is 0 Å². The van der Waals surface area contributed by atoms with Gasteiger partial charge in [0.25, 0.3) is 0 Å². The van der Waals surface area contributed by atoms with Gasteiger partial charge >= 0.3 is 0 Å². The molecule has 0 aromatic heterocycles. The first-order chi connectivity index (χ1) is 8.12. The molecular weight excluding hydrogens is 283 g/mol. The van der Waals surface area contributed by atoms with Gasteiger partial charge in [-0.2, -0.15) is 0 Å². The number of rotatable bonds is 6. The summed E-state index contributed by atoms with van der Waals surface area (Å²) in [6, 6.07) is 4.99. The number of nitrogens with two attached hydrogens (primary N) is 1. The molecule has 0 bridgehead atoms. The highest BCUT2D eigenvalue weighted by molar-refractivity contribution is 9.10. The van der Waals surface area contributed by atoms with Crippen LogP contribution in [-0.4, -0.2) is 0 Å². The van der Waals surface area contributed by atoms with Gasteiger partial charge in [0.15, 0.2) is 0 Å². The summed E-state index contributed by atoms with van der Waals surface area (Å²) >= 11 is 3.25. The number of benzene rings is 1. The van der Waals surface area contributed by atoms with Gasteiger partial charge in [0.1, 0.15) is 5.82 Å². The van der Waals surface area contributed by atoms with Crippen molar-refractivity contribution < 1.29 is 4.39 Å². The summed E-state index contributed by atoms with van der Waals surface area (Å²) in [6.07, 6.45) is 3.04. The minimum Gasteiger partial charge on any atom is -0.271 e. The van der Waals surface area contributed by atoms with Crippen molar-refractivity contribution in [3.63, 3.8) is 0 Å². The molecule has 0 saturated carbocycles. The van der Waals surface area contributed by atoms with Crippen LogP contribution in [-0.2, 0) is 0 Å². The fourth-order valence-electron chi connectivity index (χ4n) is 2.02. The number of nitrogens with one attached hydrogen (secondary N) is 1. The molecule has 2 nitrogen and oxygen atoms in total. The highest BCUT2D eigenvalue weighted by Gasteiger charge is 2.18. The lowest BCUT2D eigenvalue weighted by molar-refractivity contribution is 0.367. The summed E-state index contributed by atoms with van der Waals surface area (Å²) in [5.41, 5.74) is 3.36. The average molecular weight is 303 g/mol. The predicted octanol–water partition coefficient (Wildman–Crippen LogP) is 3.92. The van der Waals surface area contributed by atoms with Crippen LogP contribution in [0, 0.1) is 11.7 Å². The molecule has 4 heteroatoms. The normalized spacial score (nSPS) is 13.1. The maximum absolute atomic E-state index is 13.8.